The normalized spacial score (nSPS) is 14.6. The minimum absolute atomic E-state index is 0.0528. The second-order valence-corrected chi connectivity index (χ2v) is 6.71. The van der Waals surface area contributed by atoms with E-state index in [1.54, 1.807) is 7.11 Å². The summed E-state index contributed by atoms with van der Waals surface area (Å²) in [4.78, 5) is 16.9. The summed E-state index contributed by atoms with van der Waals surface area (Å²) in [6.07, 6.45) is 2.49. The summed E-state index contributed by atoms with van der Waals surface area (Å²) in [5.74, 6) is 1.77. The molecule has 138 valence electrons. The molecule has 1 atom stereocenters. The maximum Gasteiger partial charge on any atom is 0.249 e. The summed E-state index contributed by atoms with van der Waals surface area (Å²) in [7, 11) is 1.62. The molecule has 1 heterocycles. The molecule has 2 aromatic carbocycles. The predicted octanol–water partition coefficient (Wildman–Crippen LogP) is 3.56. The Morgan fingerprint density at radius 3 is 2.78 bits per heavy atom. The highest BCUT2D eigenvalue weighted by atomic mass is 16.5. The first kappa shape index (κ1) is 17.3. The molecule has 0 spiro atoms. The number of rotatable bonds is 7. The number of nitrogens with one attached hydrogen (secondary N) is 1. The van der Waals surface area contributed by atoms with Crippen molar-refractivity contribution in [3.63, 3.8) is 0 Å². The molecule has 1 aliphatic carbocycles. The minimum Gasteiger partial charge on any atom is -0.497 e. The van der Waals surface area contributed by atoms with Gasteiger partial charge in [-0.25, -0.2) is 0 Å². The number of aromatic nitrogens is 2. The van der Waals surface area contributed by atoms with Crippen molar-refractivity contribution in [3.8, 4) is 17.1 Å². The lowest BCUT2D eigenvalue weighted by Crippen LogP contribution is -2.31. The van der Waals surface area contributed by atoms with Gasteiger partial charge in [0, 0.05) is 17.9 Å². The average molecular weight is 363 g/mol. The number of hydrogen-bond donors (Lipinski definition) is 1. The van der Waals surface area contributed by atoms with Crippen LogP contribution in [0.2, 0.25) is 0 Å². The number of nitrogens with zero attached hydrogens (tertiary/aromatic N) is 2. The lowest BCUT2D eigenvalue weighted by atomic mass is 10.1. The van der Waals surface area contributed by atoms with Gasteiger partial charge >= 0.3 is 0 Å². The summed E-state index contributed by atoms with van der Waals surface area (Å²) in [6.45, 7) is 0. The fraction of sp³-hybridized carbons (Fsp3) is 0.286. The van der Waals surface area contributed by atoms with Crippen molar-refractivity contribution >= 4 is 5.91 Å². The fourth-order valence-electron chi connectivity index (χ4n) is 2.94. The zero-order chi connectivity index (χ0) is 18.6. The molecule has 0 unspecified atom stereocenters. The Morgan fingerprint density at radius 1 is 1.22 bits per heavy atom. The van der Waals surface area contributed by atoms with E-state index in [-0.39, 0.29) is 17.9 Å². The number of carbonyl (C=O) groups is 1. The van der Waals surface area contributed by atoms with Crippen LogP contribution in [-0.2, 0) is 11.2 Å². The van der Waals surface area contributed by atoms with Crippen LogP contribution >= 0.6 is 0 Å². The van der Waals surface area contributed by atoms with Crippen LogP contribution in [-0.4, -0.2) is 23.2 Å². The number of ether oxygens (including phenoxy) is 1. The van der Waals surface area contributed by atoms with Gasteiger partial charge < -0.3 is 14.6 Å². The van der Waals surface area contributed by atoms with Crippen LogP contribution < -0.4 is 10.1 Å². The van der Waals surface area contributed by atoms with Crippen molar-refractivity contribution in [3.05, 3.63) is 66.1 Å². The molecule has 0 bridgehead atoms. The van der Waals surface area contributed by atoms with Crippen LogP contribution in [0.3, 0.4) is 0 Å². The van der Waals surface area contributed by atoms with E-state index in [2.05, 4.69) is 15.5 Å². The molecule has 1 fully saturated rings. The lowest BCUT2D eigenvalue weighted by Gasteiger charge is -2.15. The second-order valence-electron chi connectivity index (χ2n) is 6.71. The molecule has 1 amide bonds. The Balaban J connectivity index is 1.59. The zero-order valence-corrected chi connectivity index (χ0v) is 15.1. The summed E-state index contributed by atoms with van der Waals surface area (Å²) >= 11 is 0. The number of carbonyl (C=O) groups excluding carboxylic acids is 1. The van der Waals surface area contributed by atoms with Gasteiger partial charge in [0.2, 0.25) is 17.6 Å². The maximum absolute atomic E-state index is 12.3. The van der Waals surface area contributed by atoms with Gasteiger partial charge in [-0.05, 0) is 30.5 Å². The van der Waals surface area contributed by atoms with Crippen LogP contribution in [0.1, 0.15) is 30.3 Å². The first-order valence-corrected chi connectivity index (χ1v) is 9.05. The van der Waals surface area contributed by atoms with Crippen molar-refractivity contribution in [1.29, 1.82) is 0 Å². The SMILES string of the molecule is COc1cccc(-c2noc([C@@H](Cc3ccccc3)NC(=O)C3CC3)n2)c1. The molecule has 0 aliphatic heterocycles. The van der Waals surface area contributed by atoms with Crippen molar-refractivity contribution in [2.24, 2.45) is 5.92 Å². The highest BCUT2D eigenvalue weighted by Gasteiger charge is 2.32. The first-order chi connectivity index (χ1) is 13.2. The van der Waals surface area contributed by atoms with Gasteiger partial charge in [-0.3, -0.25) is 4.79 Å². The van der Waals surface area contributed by atoms with Gasteiger partial charge in [0.15, 0.2) is 0 Å². The van der Waals surface area contributed by atoms with Crippen LogP contribution in [0.5, 0.6) is 5.75 Å². The Kier molecular flexibility index (Phi) is 4.87. The molecule has 0 saturated heterocycles. The number of hydrogen-bond acceptors (Lipinski definition) is 5. The third-order valence-electron chi connectivity index (χ3n) is 4.62. The lowest BCUT2D eigenvalue weighted by molar-refractivity contribution is -0.123. The Morgan fingerprint density at radius 2 is 2.04 bits per heavy atom. The molecule has 1 saturated carbocycles. The molecule has 1 aromatic heterocycles. The van der Waals surface area contributed by atoms with Gasteiger partial charge in [-0.15, -0.1) is 0 Å². The number of methoxy groups -OCH3 is 1. The van der Waals surface area contributed by atoms with Crippen LogP contribution in [0.15, 0.2) is 59.1 Å². The fourth-order valence-corrected chi connectivity index (χ4v) is 2.94. The summed E-state index contributed by atoms with van der Waals surface area (Å²) in [6, 6.07) is 17.1. The Hall–Kier alpha value is -3.15. The highest BCUT2D eigenvalue weighted by molar-refractivity contribution is 5.81. The molecule has 4 rings (SSSR count). The highest BCUT2D eigenvalue weighted by Crippen LogP contribution is 2.30. The first-order valence-electron chi connectivity index (χ1n) is 9.05. The summed E-state index contributed by atoms with van der Waals surface area (Å²) < 4.78 is 10.8. The van der Waals surface area contributed by atoms with Gasteiger partial charge in [-0.2, -0.15) is 4.98 Å². The van der Waals surface area contributed by atoms with Crippen molar-refractivity contribution in [2.45, 2.75) is 25.3 Å². The van der Waals surface area contributed by atoms with Gasteiger partial charge in [-0.1, -0.05) is 47.6 Å². The average Bonchev–Trinajstić information content (AvgIpc) is 3.45. The quantitative estimate of drug-likeness (QED) is 0.694. The molecule has 6 nitrogen and oxygen atoms in total. The zero-order valence-electron chi connectivity index (χ0n) is 15.1. The molecular weight excluding hydrogens is 342 g/mol. The summed E-state index contributed by atoms with van der Waals surface area (Å²) in [5, 5.41) is 7.17. The maximum atomic E-state index is 12.3. The van der Waals surface area contributed by atoms with E-state index in [4.69, 9.17) is 9.26 Å². The van der Waals surface area contributed by atoms with E-state index in [9.17, 15) is 4.79 Å². The molecule has 1 aliphatic rings. The van der Waals surface area contributed by atoms with E-state index in [0.29, 0.717) is 18.1 Å². The Labute approximate surface area is 157 Å². The van der Waals surface area contributed by atoms with Gasteiger partial charge in [0.05, 0.1) is 7.11 Å². The van der Waals surface area contributed by atoms with Crippen molar-refractivity contribution in [2.75, 3.05) is 7.11 Å². The smallest absolute Gasteiger partial charge is 0.249 e. The monoisotopic (exact) mass is 363 g/mol. The number of benzene rings is 2. The molecule has 6 heteroatoms. The molecule has 1 N–H and O–H groups in total. The molecule has 3 aromatic rings. The van der Waals surface area contributed by atoms with E-state index in [1.807, 2.05) is 54.6 Å². The minimum atomic E-state index is -0.354. The molecule has 27 heavy (non-hydrogen) atoms. The van der Waals surface area contributed by atoms with Gasteiger partial charge in [0.25, 0.3) is 0 Å². The predicted molar refractivity (Wildman–Crippen MR) is 100 cm³/mol. The van der Waals surface area contributed by atoms with Crippen LogP contribution in [0.25, 0.3) is 11.4 Å². The van der Waals surface area contributed by atoms with Crippen LogP contribution in [0, 0.1) is 5.92 Å². The third-order valence-corrected chi connectivity index (χ3v) is 4.62. The third kappa shape index (κ3) is 4.16. The second kappa shape index (κ2) is 7.61. The molecule has 0 radical (unpaired) electrons. The largest absolute Gasteiger partial charge is 0.497 e. The van der Waals surface area contributed by atoms with Crippen molar-refractivity contribution in [1.82, 2.24) is 15.5 Å². The van der Waals surface area contributed by atoms with E-state index < -0.39 is 0 Å². The van der Waals surface area contributed by atoms with E-state index >= 15 is 0 Å². The van der Waals surface area contributed by atoms with E-state index in [0.717, 1.165) is 29.7 Å². The molecular formula is C21H21N3O3. The van der Waals surface area contributed by atoms with Crippen LogP contribution in [0.4, 0.5) is 0 Å². The summed E-state index contributed by atoms with van der Waals surface area (Å²) in [5.41, 5.74) is 1.90. The van der Waals surface area contributed by atoms with Crippen molar-refractivity contribution < 1.29 is 14.1 Å². The van der Waals surface area contributed by atoms with E-state index in [1.165, 1.54) is 0 Å². The standard InChI is InChI=1S/C21H21N3O3/c1-26-17-9-5-8-16(13-17)19-23-21(27-24-19)18(22-20(25)15-10-11-15)12-14-6-3-2-4-7-14/h2-9,13,15,18H,10-12H2,1H3,(H,22,25)/t18-/m1/s1. The van der Waals surface area contributed by atoms with Gasteiger partial charge in [0.1, 0.15) is 11.8 Å². The Bertz CT molecular complexity index is 919. The topological polar surface area (TPSA) is 77.3 Å². The number of amides is 1.